The van der Waals surface area contributed by atoms with Gasteiger partial charge in [0.25, 0.3) is 0 Å². The predicted molar refractivity (Wildman–Crippen MR) is 80.7 cm³/mol. The number of hydrazine groups is 1. The first-order chi connectivity index (χ1) is 9.90. The van der Waals surface area contributed by atoms with E-state index in [1.165, 1.54) is 42.0 Å². The molecule has 3 N–H and O–H groups in total. The standard InChI is InChI=1S/C17H21N3/c18-20-17(16-13-7-3-4-8-14(13)16)15-10-19-9-11-5-1-2-6-12(11)15/h1-2,5-6,9-10,13-14,16-17,20H,3-4,7-8,18H2. The summed E-state index contributed by atoms with van der Waals surface area (Å²) in [6.07, 6.45) is 9.48. The van der Waals surface area contributed by atoms with Crippen molar-refractivity contribution in [2.45, 2.75) is 31.7 Å². The van der Waals surface area contributed by atoms with E-state index in [1.807, 2.05) is 12.4 Å². The normalized spacial score (nSPS) is 29.9. The fourth-order valence-corrected chi connectivity index (χ4v) is 4.34. The van der Waals surface area contributed by atoms with Gasteiger partial charge in [-0.3, -0.25) is 16.3 Å². The Morgan fingerprint density at radius 3 is 2.60 bits per heavy atom. The Morgan fingerprint density at radius 2 is 1.85 bits per heavy atom. The van der Waals surface area contributed by atoms with Gasteiger partial charge < -0.3 is 0 Å². The van der Waals surface area contributed by atoms with Gasteiger partial charge in [-0.15, -0.1) is 0 Å². The van der Waals surface area contributed by atoms with Crippen molar-refractivity contribution in [2.75, 3.05) is 0 Å². The van der Waals surface area contributed by atoms with Gasteiger partial charge in [-0.05, 0) is 41.5 Å². The van der Waals surface area contributed by atoms with Gasteiger partial charge in [0.05, 0.1) is 6.04 Å². The molecule has 0 bridgehead atoms. The van der Waals surface area contributed by atoms with Crippen molar-refractivity contribution in [1.29, 1.82) is 0 Å². The summed E-state index contributed by atoms with van der Waals surface area (Å²) in [5.41, 5.74) is 4.36. The van der Waals surface area contributed by atoms with Crippen molar-refractivity contribution in [3.05, 3.63) is 42.2 Å². The minimum absolute atomic E-state index is 0.252. The summed E-state index contributed by atoms with van der Waals surface area (Å²) in [6.45, 7) is 0. The van der Waals surface area contributed by atoms with Crippen molar-refractivity contribution in [3.8, 4) is 0 Å². The van der Waals surface area contributed by atoms with Crippen LogP contribution < -0.4 is 11.3 Å². The zero-order valence-corrected chi connectivity index (χ0v) is 11.6. The van der Waals surface area contributed by atoms with Gasteiger partial charge in [0.2, 0.25) is 0 Å². The summed E-state index contributed by atoms with van der Waals surface area (Å²) in [6, 6.07) is 8.72. The highest BCUT2D eigenvalue weighted by Gasteiger charge is 2.54. The molecule has 3 heteroatoms. The van der Waals surface area contributed by atoms with Crippen LogP contribution in [0.25, 0.3) is 10.8 Å². The molecule has 2 aliphatic rings. The summed E-state index contributed by atoms with van der Waals surface area (Å²) in [4.78, 5) is 4.41. The van der Waals surface area contributed by atoms with E-state index in [0.717, 1.165) is 11.8 Å². The Bertz CT molecular complexity index is 607. The molecule has 1 aromatic carbocycles. The molecule has 20 heavy (non-hydrogen) atoms. The molecule has 2 aliphatic carbocycles. The number of nitrogens with zero attached hydrogens (tertiary/aromatic N) is 1. The summed E-state index contributed by atoms with van der Waals surface area (Å²) >= 11 is 0. The van der Waals surface area contributed by atoms with Gasteiger partial charge in [-0.1, -0.05) is 37.1 Å². The molecular weight excluding hydrogens is 246 g/mol. The van der Waals surface area contributed by atoms with Crippen molar-refractivity contribution < 1.29 is 0 Å². The molecule has 3 unspecified atom stereocenters. The lowest BCUT2D eigenvalue weighted by Crippen LogP contribution is -2.30. The molecule has 3 atom stereocenters. The molecule has 0 aliphatic heterocycles. The lowest BCUT2D eigenvalue weighted by Gasteiger charge is -2.18. The maximum Gasteiger partial charge on any atom is 0.0515 e. The molecule has 0 radical (unpaired) electrons. The Labute approximate surface area is 119 Å². The number of nitrogens with one attached hydrogen (secondary N) is 1. The first kappa shape index (κ1) is 12.3. The zero-order chi connectivity index (χ0) is 13.5. The minimum atomic E-state index is 0.252. The molecule has 1 heterocycles. The molecule has 2 fully saturated rings. The van der Waals surface area contributed by atoms with Gasteiger partial charge in [-0.25, -0.2) is 0 Å². The molecule has 4 rings (SSSR count). The fourth-order valence-electron chi connectivity index (χ4n) is 4.34. The molecule has 0 spiro atoms. The van der Waals surface area contributed by atoms with Crippen LogP contribution in [-0.4, -0.2) is 4.98 Å². The van der Waals surface area contributed by atoms with Crippen LogP contribution in [0.4, 0.5) is 0 Å². The monoisotopic (exact) mass is 267 g/mol. The van der Waals surface area contributed by atoms with E-state index >= 15 is 0 Å². The number of hydrogen-bond donors (Lipinski definition) is 2. The van der Waals surface area contributed by atoms with Crippen LogP contribution in [0.1, 0.15) is 37.3 Å². The van der Waals surface area contributed by atoms with Crippen molar-refractivity contribution in [2.24, 2.45) is 23.6 Å². The molecule has 104 valence electrons. The van der Waals surface area contributed by atoms with Crippen LogP contribution in [0, 0.1) is 17.8 Å². The molecule has 0 saturated heterocycles. The number of rotatable bonds is 3. The molecule has 2 saturated carbocycles. The third-order valence-electron chi connectivity index (χ3n) is 5.32. The second-order valence-electron chi connectivity index (χ2n) is 6.28. The van der Waals surface area contributed by atoms with Gasteiger partial charge in [0.1, 0.15) is 0 Å². The van der Waals surface area contributed by atoms with Crippen LogP contribution in [0.3, 0.4) is 0 Å². The van der Waals surface area contributed by atoms with E-state index in [2.05, 4.69) is 34.7 Å². The van der Waals surface area contributed by atoms with E-state index < -0.39 is 0 Å². The minimum Gasteiger partial charge on any atom is -0.271 e. The maximum atomic E-state index is 5.91. The summed E-state index contributed by atoms with van der Waals surface area (Å²) in [7, 11) is 0. The SMILES string of the molecule is NNC(c1cncc2ccccc12)C1C2CCCCC21. The number of fused-ring (bicyclic) bond motifs is 2. The van der Waals surface area contributed by atoms with Crippen molar-refractivity contribution >= 4 is 10.8 Å². The second kappa shape index (κ2) is 4.83. The molecule has 2 aromatic rings. The highest BCUT2D eigenvalue weighted by Crippen LogP contribution is 2.60. The number of hydrogen-bond acceptors (Lipinski definition) is 3. The third kappa shape index (κ3) is 1.85. The van der Waals surface area contributed by atoms with E-state index in [9.17, 15) is 0 Å². The van der Waals surface area contributed by atoms with Crippen LogP contribution in [0.5, 0.6) is 0 Å². The first-order valence-corrected chi connectivity index (χ1v) is 7.69. The van der Waals surface area contributed by atoms with E-state index in [0.29, 0.717) is 5.92 Å². The van der Waals surface area contributed by atoms with Crippen LogP contribution in [0.2, 0.25) is 0 Å². The van der Waals surface area contributed by atoms with Gasteiger partial charge in [-0.2, -0.15) is 0 Å². The summed E-state index contributed by atoms with van der Waals surface area (Å²) in [5.74, 6) is 8.37. The van der Waals surface area contributed by atoms with Crippen LogP contribution >= 0.6 is 0 Å². The Morgan fingerprint density at radius 1 is 1.10 bits per heavy atom. The molecule has 1 aromatic heterocycles. The van der Waals surface area contributed by atoms with Gasteiger partial charge in [0, 0.05) is 17.8 Å². The van der Waals surface area contributed by atoms with E-state index in [1.54, 1.807) is 0 Å². The average Bonchev–Trinajstić information content (AvgIpc) is 3.23. The molecular formula is C17H21N3. The molecule has 3 nitrogen and oxygen atoms in total. The first-order valence-electron chi connectivity index (χ1n) is 7.69. The highest BCUT2D eigenvalue weighted by molar-refractivity contribution is 5.85. The number of pyridine rings is 1. The highest BCUT2D eigenvalue weighted by atomic mass is 15.2. The van der Waals surface area contributed by atoms with Gasteiger partial charge >= 0.3 is 0 Å². The summed E-state index contributed by atoms with van der Waals surface area (Å²) < 4.78 is 0. The largest absolute Gasteiger partial charge is 0.271 e. The van der Waals surface area contributed by atoms with E-state index in [4.69, 9.17) is 5.84 Å². The quantitative estimate of drug-likeness (QED) is 0.663. The maximum absolute atomic E-state index is 5.91. The fraction of sp³-hybridized carbons (Fsp3) is 0.471. The lowest BCUT2D eigenvalue weighted by atomic mass is 9.97. The Hall–Kier alpha value is -1.45. The topological polar surface area (TPSA) is 50.9 Å². The predicted octanol–water partition coefficient (Wildman–Crippen LogP) is 3.18. The van der Waals surface area contributed by atoms with E-state index in [-0.39, 0.29) is 6.04 Å². The number of aromatic nitrogens is 1. The van der Waals surface area contributed by atoms with Crippen molar-refractivity contribution in [1.82, 2.24) is 10.4 Å². The third-order valence-corrected chi connectivity index (χ3v) is 5.32. The molecule has 0 amide bonds. The zero-order valence-electron chi connectivity index (χ0n) is 11.6. The average molecular weight is 267 g/mol. The lowest BCUT2D eigenvalue weighted by molar-refractivity contribution is 0.458. The Kier molecular flexibility index (Phi) is 2.97. The van der Waals surface area contributed by atoms with Crippen LogP contribution in [0.15, 0.2) is 36.7 Å². The van der Waals surface area contributed by atoms with Crippen LogP contribution in [-0.2, 0) is 0 Å². The smallest absolute Gasteiger partial charge is 0.0515 e. The van der Waals surface area contributed by atoms with Gasteiger partial charge in [0.15, 0.2) is 0 Å². The van der Waals surface area contributed by atoms with Crippen molar-refractivity contribution in [3.63, 3.8) is 0 Å². The summed E-state index contributed by atoms with van der Waals surface area (Å²) in [5, 5.41) is 2.49. The second-order valence-corrected chi connectivity index (χ2v) is 6.28. The Balaban J connectivity index is 1.73. The number of nitrogens with two attached hydrogens (primary N) is 1. The number of benzene rings is 1.